The van der Waals surface area contributed by atoms with E-state index in [1.54, 1.807) is 18.9 Å². The number of methoxy groups -OCH3 is 1. The molecule has 140 valence electrons. The third kappa shape index (κ3) is 10.9. The zero-order valence-electron chi connectivity index (χ0n) is 16.4. The molecule has 0 aromatic carbocycles. The molecule has 0 saturated carbocycles. The summed E-state index contributed by atoms with van der Waals surface area (Å²) in [7, 11) is 1.75. The van der Waals surface area contributed by atoms with Gasteiger partial charge in [-0.2, -0.15) is 12.6 Å². The summed E-state index contributed by atoms with van der Waals surface area (Å²) in [6.07, 6.45) is 6.08. The molecule has 3 nitrogen and oxygen atoms in total. The van der Waals surface area contributed by atoms with Gasteiger partial charge < -0.3 is 14.2 Å². The van der Waals surface area contributed by atoms with Crippen LogP contribution in [0.25, 0.3) is 0 Å². The molecular weight excluding hydrogens is 328 g/mol. The summed E-state index contributed by atoms with van der Waals surface area (Å²) >= 11 is 6.06. The van der Waals surface area contributed by atoms with E-state index in [0.29, 0.717) is 0 Å². The number of hydrogen-bond acceptors (Lipinski definition) is 5. The highest BCUT2D eigenvalue weighted by molar-refractivity contribution is 7.99. The molecule has 0 amide bonds. The van der Waals surface area contributed by atoms with Crippen LogP contribution in [-0.4, -0.2) is 48.0 Å². The first kappa shape index (κ1) is 23.6. The average Bonchev–Trinajstić information content (AvgIpc) is 2.43. The summed E-state index contributed by atoms with van der Waals surface area (Å²) in [5, 5.41) is 0. The summed E-state index contributed by atoms with van der Waals surface area (Å²) in [6, 6.07) is 0. The standard InChI is InChI=1S/C18H38O3S2/c1-15(14-17(4,5)19-7)21-18(6,23-8)10-9-12-20-16(2,3)11-13-22/h15,22H,9-14H2,1-8H3. The van der Waals surface area contributed by atoms with E-state index in [4.69, 9.17) is 14.2 Å². The lowest BCUT2D eigenvalue weighted by Gasteiger charge is -2.35. The highest BCUT2D eigenvalue weighted by Crippen LogP contribution is 2.33. The summed E-state index contributed by atoms with van der Waals surface area (Å²) in [5.41, 5.74) is -0.243. The highest BCUT2D eigenvalue weighted by Gasteiger charge is 2.29. The SMILES string of the molecule is COC(C)(C)CC(C)OC(C)(CCCOC(C)(C)CCS)SC. The maximum atomic E-state index is 6.32. The van der Waals surface area contributed by atoms with Crippen molar-refractivity contribution in [3.63, 3.8) is 0 Å². The first-order chi connectivity index (χ1) is 10.5. The summed E-state index contributed by atoms with van der Waals surface area (Å²) < 4.78 is 17.8. The molecule has 0 aliphatic heterocycles. The number of thiol groups is 1. The predicted molar refractivity (Wildman–Crippen MR) is 106 cm³/mol. The maximum absolute atomic E-state index is 6.32. The van der Waals surface area contributed by atoms with Crippen LogP contribution in [0.2, 0.25) is 0 Å². The van der Waals surface area contributed by atoms with Crippen molar-refractivity contribution >= 4 is 24.4 Å². The van der Waals surface area contributed by atoms with Gasteiger partial charge in [-0.25, -0.2) is 0 Å². The molecule has 0 bridgehead atoms. The molecule has 0 spiro atoms. The van der Waals surface area contributed by atoms with Gasteiger partial charge in [-0.05, 0) is 72.8 Å². The van der Waals surface area contributed by atoms with Gasteiger partial charge in [0.25, 0.3) is 0 Å². The molecule has 0 radical (unpaired) electrons. The second-order valence-electron chi connectivity index (χ2n) is 7.62. The lowest BCUT2D eigenvalue weighted by molar-refractivity contribution is -0.0774. The maximum Gasteiger partial charge on any atom is 0.111 e. The predicted octanol–water partition coefficient (Wildman–Crippen LogP) is 5.18. The fourth-order valence-corrected chi connectivity index (χ4v) is 3.68. The highest BCUT2D eigenvalue weighted by atomic mass is 32.2. The molecular formula is C18H38O3S2. The second-order valence-corrected chi connectivity index (χ2v) is 9.34. The Balaban J connectivity index is 4.29. The summed E-state index contributed by atoms with van der Waals surface area (Å²) in [4.78, 5) is -0.180. The normalized spacial score (nSPS) is 17.1. The van der Waals surface area contributed by atoms with Crippen molar-refractivity contribution in [3.8, 4) is 0 Å². The van der Waals surface area contributed by atoms with Gasteiger partial charge in [0.2, 0.25) is 0 Å². The van der Waals surface area contributed by atoms with Crippen LogP contribution < -0.4 is 0 Å². The van der Waals surface area contributed by atoms with Crippen molar-refractivity contribution in [2.45, 2.75) is 89.5 Å². The molecule has 0 heterocycles. The van der Waals surface area contributed by atoms with Gasteiger partial charge in [0.1, 0.15) is 4.93 Å². The molecule has 0 saturated heterocycles. The topological polar surface area (TPSA) is 27.7 Å². The van der Waals surface area contributed by atoms with Crippen LogP contribution >= 0.6 is 24.4 Å². The van der Waals surface area contributed by atoms with Gasteiger partial charge >= 0.3 is 0 Å². The molecule has 0 aliphatic carbocycles. The summed E-state index contributed by atoms with van der Waals surface area (Å²) in [6.45, 7) is 13.5. The van der Waals surface area contributed by atoms with Crippen molar-refractivity contribution in [2.24, 2.45) is 0 Å². The van der Waals surface area contributed by atoms with Gasteiger partial charge in [-0.1, -0.05) is 0 Å². The number of hydrogen-bond donors (Lipinski definition) is 1. The largest absolute Gasteiger partial charge is 0.379 e. The fourth-order valence-electron chi connectivity index (χ4n) is 2.54. The monoisotopic (exact) mass is 366 g/mol. The second kappa shape index (κ2) is 10.5. The van der Waals surface area contributed by atoms with Crippen LogP contribution in [0.3, 0.4) is 0 Å². The zero-order valence-corrected chi connectivity index (χ0v) is 18.1. The lowest BCUT2D eigenvalue weighted by atomic mass is 10.0. The van der Waals surface area contributed by atoms with Gasteiger partial charge in [0.05, 0.1) is 17.3 Å². The van der Waals surface area contributed by atoms with Crippen molar-refractivity contribution in [1.82, 2.24) is 0 Å². The van der Waals surface area contributed by atoms with Crippen molar-refractivity contribution in [1.29, 1.82) is 0 Å². The van der Waals surface area contributed by atoms with E-state index in [-0.39, 0.29) is 22.2 Å². The van der Waals surface area contributed by atoms with E-state index < -0.39 is 0 Å². The van der Waals surface area contributed by atoms with Gasteiger partial charge in [0, 0.05) is 20.1 Å². The van der Waals surface area contributed by atoms with Crippen LogP contribution in [0.5, 0.6) is 0 Å². The minimum atomic E-state index is -0.180. The number of rotatable bonds is 13. The van der Waals surface area contributed by atoms with Crippen LogP contribution in [-0.2, 0) is 14.2 Å². The minimum Gasteiger partial charge on any atom is -0.379 e. The molecule has 2 atom stereocenters. The van der Waals surface area contributed by atoms with Crippen LogP contribution in [0.1, 0.15) is 67.2 Å². The molecule has 0 aliphatic rings. The third-order valence-electron chi connectivity index (χ3n) is 4.20. The molecule has 0 aromatic heterocycles. The van der Waals surface area contributed by atoms with E-state index in [1.807, 2.05) is 0 Å². The Bertz CT molecular complexity index is 321. The Labute approximate surface area is 154 Å². The quantitative estimate of drug-likeness (QED) is 0.276. The minimum absolute atomic E-state index is 0.0891. The smallest absolute Gasteiger partial charge is 0.111 e. The average molecular weight is 367 g/mol. The fraction of sp³-hybridized carbons (Fsp3) is 1.00. The van der Waals surface area contributed by atoms with E-state index in [2.05, 4.69) is 60.4 Å². The van der Waals surface area contributed by atoms with Gasteiger partial charge in [-0.15, -0.1) is 11.8 Å². The Kier molecular flexibility index (Phi) is 10.8. The van der Waals surface area contributed by atoms with E-state index in [9.17, 15) is 0 Å². The van der Waals surface area contributed by atoms with E-state index in [1.165, 1.54) is 0 Å². The van der Waals surface area contributed by atoms with Crippen molar-refractivity contribution in [3.05, 3.63) is 0 Å². The molecule has 0 fully saturated rings. The first-order valence-electron chi connectivity index (χ1n) is 8.52. The Morgan fingerprint density at radius 2 is 1.65 bits per heavy atom. The Morgan fingerprint density at radius 1 is 1.04 bits per heavy atom. The molecule has 23 heavy (non-hydrogen) atoms. The number of ether oxygens (including phenoxy) is 3. The molecule has 2 unspecified atom stereocenters. The number of thioether (sulfide) groups is 1. The first-order valence-corrected chi connectivity index (χ1v) is 10.4. The molecule has 5 heteroatoms. The van der Waals surface area contributed by atoms with Crippen LogP contribution in [0.4, 0.5) is 0 Å². The zero-order chi connectivity index (χ0) is 18.1. The van der Waals surface area contributed by atoms with E-state index in [0.717, 1.165) is 38.0 Å². The van der Waals surface area contributed by atoms with E-state index >= 15 is 0 Å². The van der Waals surface area contributed by atoms with Crippen LogP contribution in [0.15, 0.2) is 0 Å². The Morgan fingerprint density at radius 3 is 2.13 bits per heavy atom. The molecule has 0 N–H and O–H groups in total. The summed E-state index contributed by atoms with van der Waals surface area (Å²) in [5.74, 6) is 0.853. The van der Waals surface area contributed by atoms with Gasteiger partial charge in [0.15, 0.2) is 0 Å². The lowest BCUT2D eigenvalue weighted by Crippen LogP contribution is -2.35. The van der Waals surface area contributed by atoms with Crippen LogP contribution in [0, 0.1) is 0 Å². The molecule has 0 rings (SSSR count). The molecule has 0 aromatic rings. The third-order valence-corrected chi connectivity index (χ3v) is 5.58. The van der Waals surface area contributed by atoms with Crippen molar-refractivity contribution < 1.29 is 14.2 Å². The van der Waals surface area contributed by atoms with Gasteiger partial charge in [-0.3, -0.25) is 0 Å². The van der Waals surface area contributed by atoms with Crippen molar-refractivity contribution in [2.75, 3.05) is 25.7 Å². The Hall–Kier alpha value is 0.580.